The molecular weight excluding hydrogens is 278 g/mol. The highest BCUT2D eigenvalue weighted by atomic mass is 16.2. The van der Waals surface area contributed by atoms with E-state index in [0.717, 1.165) is 24.1 Å². The maximum atomic E-state index is 12.3. The van der Waals surface area contributed by atoms with Crippen LogP contribution in [0.4, 0.5) is 5.69 Å². The molecule has 116 valence electrons. The molecule has 1 aliphatic heterocycles. The van der Waals surface area contributed by atoms with Gasteiger partial charge in [-0.3, -0.25) is 9.59 Å². The fourth-order valence-corrected chi connectivity index (χ4v) is 3.04. The first kappa shape index (κ1) is 14.8. The van der Waals surface area contributed by atoms with E-state index in [9.17, 15) is 9.59 Å². The van der Waals surface area contributed by atoms with Gasteiger partial charge < -0.3 is 5.32 Å². The summed E-state index contributed by atoms with van der Waals surface area (Å²) in [5, 5.41) is 8.74. The molecule has 5 nitrogen and oxygen atoms in total. The van der Waals surface area contributed by atoms with Gasteiger partial charge in [0.1, 0.15) is 5.71 Å². The molecule has 0 atom stereocenters. The van der Waals surface area contributed by atoms with Crippen molar-refractivity contribution in [2.45, 2.75) is 51.5 Å². The summed E-state index contributed by atoms with van der Waals surface area (Å²) in [7, 11) is 0. The van der Waals surface area contributed by atoms with Gasteiger partial charge in [-0.15, -0.1) is 0 Å². The Labute approximate surface area is 130 Å². The summed E-state index contributed by atoms with van der Waals surface area (Å²) >= 11 is 0. The first-order valence-electron chi connectivity index (χ1n) is 7.92. The van der Waals surface area contributed by atoms with Gasteiger partial charge in [-0.2, -0.15) is 5.10 Å². The number of hydrazone groups is 1. The van der Waals surface area contributed by atoms with E-state index in [0.29, 0.717) is 18.6 Å². The van der Waals surface area contributed by atoms with Gasteiger partial charge in [0.2, 0.25) is 5.91 Å². The number of amides is 2. The predicted octanol–water partition coefficient (Wildman–Crippen LogP) is 2.54. The third-order valence-corrected chi connectivity index (χ3v) is 4.33. The highest BCUT2D eigenvalue weighted by Crippen LogP contribution is 2.24. The van der Waals surface area contributed by atoms with Crippen LogP contribution in [0.1, 0.15) is 44.1 Å². The third-order valence-electron chi connectivity index (χ3n) is 4.33. The Kier molecular flexibility index (Phi) is 4.22. The minimum Gasteiger partial charge on any atom is -0.348 e. The molecule has 0 saturated heterocycles. The average molecular weight is 299 g/mol. The van der Waals surface area contributed by atoms with Gasteiger partial charge in [0, 0.05) is 18.9 Å². The standard InChI is InChI=1S/C17H21N3O2/c1-12-6-2-5-9-15(12)20-16(21)11-10-14(19-20)17(22)18-13-7-3-4-8-13/h2,5-6,9,13H,3-4,7-8,10-11H2,1H3,(H,18,22). The maximum Gasteiger partial charge on any atom is 0.267 e. The lowest BCUT2D eigenvalue weighted by molar-refractivity contribution is -0.119. The van der Waals surface area contributed by atoms with Crippen LogP contribution in [-0.4, -0.2) is 23.6 Å². The number of hydrogen-bond acceptors (Lipinski definition) is 3. The van der Waals surface area contributed by atoms with Crippen molar-refractivity contribution in [3.8, 4) is 0 Å². The molecule has 0 unspecified atom stereocenters. The molecule has 1 aromatic carbocycles. The van der Waals surface area contributed by atoms with Crippen molar-refractivity contribution in [3.05, 3.63) is 29.8 Å². The molecule has 5 heteroatoms. The highest BCUT2D eigenvalue weighted by Gasteiger charge is 2.27. The summed E-state index contributed by atoms with van der Waals surface area (Å²) in [6, 6.07) is 7.85. The molecular formula is C17H21N3O2. The molecule has 0 aromatic heterocycles. The first-order chi connectivity index (χ1) is 10.6. The van der Waals surface area contributed by atoms with Crippen molar-refractivity contribution < 1.29 is 9.59 Å². The SMILES string of the molecule is Cc1ccccc1N1N=C(C(=O)NC2CCCC2)CCC1=O. The Morgan fingerprint density at radius 2 is 1.95 bits per heavy atom. The summed E-state index contributed by atoms with van der Waals surface area (Å²) in [4.78, 5) is 24.5. The summed E-state index contributed by atoms with van der Waals surface area (Å²) < 4.78 is 0. The van der Waals surface area contributed by atoms with E-state index in [1.165, 1.54) is 17.9 Å². The predicted molar refractivity (Wildman–Crippen MR) is 85.7 cm³/mol. The van der Waals surface area contributed by atoms with E-state index in [1.54, 1.807) is 0 Å². The van der Waals surface area contributed by atoms with E-state index < -0.39 is 0 Å². The Hall–Kier alpha value is -2.17. The van der Waals surface area contributed by atoms with Crippen LogP contribution in [0.2, 0.25) is 0 Å². The maximum absolute atomic E-state index is 12.3. The zero-order chi connectivity index (χ0) is 15.5. The normalized spacial score (nSPS) is 19.2. The third kappa shape index (κ3) is 3.03. The molecule has 3 rings (SSSR count). The number of anilines is 1. The number of aryl methyl sites for hydroxylation is 1. The van der Waals surface area contributed by atoms with Crippen LogP contribution in [-0.2, 0) is 9.59 Å². The second-order valence-electron chi connectivity index (χ2n) is 5.99. The van der Waals surface area contributed by atoms with Crippen LogP contribution in [0.15, 0.2) is 29.4 Å². The Bertz CT molecular complexity index is 618. The highest BCUT2D eigenvalue weighted by molar-refractivity contribution is 6.40. The van der Waals surface area contributed by atoms with Gasteiger partial charge in [-0.1, -0.05) is 31.0 Å². The van der Waals surface area contributed by atoms with Crippen molar-refractivity contribution >= 4 is 23.2 Å². The second-order valence-corrected chi connectivity index (χ2v) is 5.99. The van der Waals surface area contributed by atoms with Gasteiger partial charge in [0.25, 0.3) is 5.91 Å². The lowest BCUT2D eigenvalue weighted by Gasteiger charge is -2.25. The first-order valence-corrected chi connectivity index (χ1v) is 7.92. The van der Waals surface area contributed by atoms with E-state index in [-0.39, 0.29) is 17.9 Å². The molecule has 1 aromatic rings. The van der Waals surface area contributed by atoms with Crippen LogP contribution >= 0.6 is 0 Å². The minimum absolute atomic E-state index is 0.0632. The minimum atomic E-state index is -0.127. The van der Waals surface area contributed by atoms with Crippen molar-refractivity contribution in [3.63, 3.8) is 0 Å². The number of nitrogens with zero attached hydrogens (tertiary/aromatic N) is 2. The zero-order valence-corrected chi connectivity index (χ0v) is 12.8. The number of hydrogen-bond donors (Lipinski definition) is 1. The molecule has 1 saturated carbocycles. The molecule has 2 amide bonds. The summed E-state index contributed by atoms with van der Waals surface area (Å²) in [5.74, 6) is -0.190. The van der Waals surface area contributed by atoms with Crippen LogP contribution < -0.4 is 10.3 Å². The Morgan fingerprint density at radius 3 is 2.68 bits per heavy atom. The number of nitrogens with one attached hydrogen (secondary N) is 1. The monoisotopic (exact) mass is 299 g/mol. The van der Waals surface area contributed by atoms with E-state index in [2.05, 4.69) is 10.4 Å². The molecule has 1 heterocycles. The van der Waals surface area contributed by atoms with Crippen molar-refractivity contribution in [2.24, 2.45) is 5.10 Å². The number of rotatable bonds is 3. The van der Waals surface area contributed by atoms with Crippen LogP contribution in [0.5, 0.6) is 0 Å². The van der Waals surface area contributed by atoms with Gasteiger partial charge in [-0.25, -0.2) is 5.01 Å². The van der Waals surface area contributed by atoms with Crippen LogP contribution in [0.25, 0.3) is 0 Å². The van der Waals surface area contributed by atoms with Gasteiger partial charge in [0.05, 0.1) is 5.69 Å². The largest absolute Gasteiger partial charge is 0.348 e. The number of carbonyl (C=O) groups excluding carboxylic acids is 2. The van der Waals surface area contributed by atoms with Crippen LogP contribution in [0, 0.1) is 6.92 Å². The fraction of sp³-hybridized carbons (Fsp3) is 0.471. The molecule has 1 N–H and O–H groups in total. The number of carbonyl (C=O) groups is 2. The molecule has 0 bridgehead atoms. The number of para-hydroxylation sites is 1. The molecule has 22 heavy (non-hydrogen) atoms. The van der Waals surface area contributed by atoms with E-state index in [4.69, 9.17) is 0 Å². The van der Waals surface area contributed by atoms with Crippen molar-refractivity contribution in [2.75, 3.05) is 5.01 Å². The summed E-state index contributed by atoms with van der Waals surface area (Å²) in [5.41, 5.74) is 2.17. The van der Waals surface area contributed by atoms with E-state index >= 15 is 0 Å². The molecule has 0 radical (unpaired) electrons. The lowest BCUT2D eigenvalue weighted by Crippen LogP contribution is -2.42. The van der Waals surface area contributed by atoms with Crippen LogP contribution in [0.3, 0.4) is 0 Å². The van der Waals surface area contributed by atoms with E-state index in [1.807, 2.05) is 31.2 Å². The molecule has 0 spiro atoms. The summed E-state index contributed by atoms with van der Waals surface area (Å²) in [6.07, 6.45) is 5.17. The molecule has 2 aliphatic rings. The molecule has 1 fully saturated rings. The van der Waals surface area contributed by atoms with Gasteiger partial charge >= 0.3 is 0 Å². The fourth-order valence-electron chi connectivity index (χ4n) is 3.04. The average Bonchev–Trinajstić information content (AvgIpc) is 3.01. The number of benzene rings is 1. The second kappa shape index (κ2) is 6.30. The van der Waals surface area contributed by atoms with Crippen molar-refractivity contribution in [1.29, 1.82) is 0 Å². The lowest BCUT2D eigenvalue weighted by atomic mass is 10.1. The van der Waals surface area contributed by atoms with Crippen molar-refractivity contribution in [1.82, 2.24) is 5.32 Å². The van der Waals surface area contributed by atoms with Gasteiger partial charge in [-0.05, 0) is 31.4 Å². The quantitative estimate of drug-likeness (QED) is 0.932. The topological polar surface area (TPSA) is 61.8 Å². The summed E-state index contributed by atoms with van der Waals surface area (Å²) in [6.45, 7) is 1.94. The molecule has 1 aliphatic carbocycles. The Balaban J connectivity index is 1.80. The Morgan fingerprint density at radius 1 is 1.23 bits per heavy atom. The smallest absolute Gasteiger partial charge is 0.267 e. The van der Waals surface area contributed by atoms with Gasteiger partial charge in [0.15, 0.2) is 0 Å². The zero-order valence-electron chi connectivity index (χ0n) is 12.8.